The molecule has 1 aromatic carbocycles. The van der Waals surface area contributed by atoms with E-state index in [1.54, 1.807) is 0 Å². The van der Waals surface area contributed by atoms with Crippen molar-refractivity contribution < 1.29 is 14.6 Å². The highest BCUT2D eigenvalue weighted by atomic mass is 16.5. The largest absolute Gasteiger partial charge is 0.480 e. The van der Waals surface area contributed by atoms with Gasteiger partial charge < -0.3 is 9.84 Å². The molecule has 0 aliphatic carbocycles. The molecule has 1 aromatic rings. The van der Waals surface area contributed by atoms with Gasteiger partial charge in [0.05, 0.1) is 6.61 Å². The monoisotopic (exact) mass is 221 g/mol. The first-order valence-electron chi connectivity index (χ1n) is 5.25. The number of carboxylic acids is 1. The first-order chi connectivity index (χ1) is 7.72. The maximum absolute atomic E-state index is 11.1. The zero-order valence-corrected chi connectivity index (χ0v) is 9.22. The smallest absolute Gasteiger partial charge is 0.323 e. The highest BCUT2D eigenvalue weighted by molar-refractivity contribution is 5.73. The van der Waals surface area contributed by atoms with Crippen LogP contribution in [0.2, 0.25) is 0 Å². The van der Waals surface area contributed by atoms with Crippen LogP contribution in [-0.4, -0.2) is 35.7 Å². The summed E-state index contributed by atoms with van der Waals surface area (Å²) in [5.41, 5.74) is 2.43. The van der Waals surface area contributed by atoms with Crippen LogP contribution in [0.25, 0.3) is 0 Å². The minimum absolute atomic E-state index is 0.226. The Morgan fingerprint density at radius 1 is 1.44 bits per heavy atom. The third-order valence-corrected chi connectivity index (χ3v) is 2.92. The molecule has 1 heterocycles. The van der Waals surface area contributed by atoms with Gasteiger partial charge in [0.2, 0.25) is 0 Å². The fraction of sp³-hybridized carbons (Fsp3) is 0.417. The van der Waals surface area contributed by atoms with Crippen LogP contribution in [0.1, 0.15) is 11.1 Å². The van der Waals surface area contributed by atoms with Crippen LogP contribution < -0.4 is 0 Å². The van der Waals surface area contributed by atoms with Gasteiger partial charge in [0.1, 0.15) is 6.04 Å². The van der Waals surface area contributed by atoms with Crippen LogP contribution in [-0.2, 0) is 22.6 Å². The highest BCUT2D eigenvalue weighted by Gasteiger charge is 2.30. The van der Waals surface area contributed by atoms with Gasteiger partial charge >= 0.3 is 5.97 Å². The van der Waals surface area contributed by atoms with Crippen molar-refractivity contribution in [2.75, 3.05) is 13.7 Å². The zero-order chi connectivity index (χ0) is 11.5. The zero-order valence-electron chi connectivity index (χ0n) is 9.22. The standard InChI is InChI=1S/C12H15NO3/c1-16-8-11(12(14)15)13-6-9-4-2-3-5-10(9)7-13/h2-5,11H,6-8H2,1H3,(H,14,15)/t11-/m1/s1. The van der Waals surface area contributed by atoms with Gasteiger partial charge in [0.15, 0.2) is 0 Å². The average molecular weight is 221 g/mol. The van der Waals surface area contributed by atoms with Crippen molar-refractivity contribution in [3.63, 3.8) is 0 Å². The molecule has 0 aromatic heterocycles. The van der Waals surface area contributed by atoms with Crippen LogP contribution in [0, 0.1) is 0 Å². The molecule has 1 aliphatic rings. The summed E-state index contributed by atoms with van der Waals surface area (Å²) in [7, 11) is 1.53. The number of carboxylic acid groups (broad SMARTS) is 1. The van der Waals surface area contributed by atoms with E-state index in [-0.39, 0.29) is 6.61 Å². The molecule has 0 fully saturated rings. The predicted octanol–water partition coefficient (Wildman–Crippen LogP) is 1.10. The van der Waals surface area contributed by atoms with Gasteiger partial charge in [-0.3, -0.25) is 9.69 Å². The van der Waals surface area contributed by atoms with E-state index in [1.165, 1.54) is 18.2 Å². The summed E-state index contributed by atoms with van der Waals surface area (Å²) in [6.07, 6.45) is 0. The minimum Gasteiger partial charge on any atom is -0.480 e. The predicted molar refractivity (Wildman–Crippen MR) is 59.0 cm³/mol. The topological polar surface area (TPSA) is 49.8 Å². The van der Waals surface area contributed by atoms with Crippen molar-refractivity contribution >= 4 is 5.97 Å². The van der Waals surface area contributed by atoms with E-state index in [9.17, 15) is 4.79 Å². The van der Waals surface area contributed by atoms with Crippen molar-refractivity contribution in [1.82, 2.24) is 4.90 Å². The summed E-state index contributed by atoms with van der Waals surface area (Å²) in [5, 5.41) is 9.12. The summed E-state index contributed by atoms with van der Waals surface area (Å²) < 4.78 is 4.95. The van der Waals surface area contributed by atoms with E-state index in [0.717, 1.165) is 0 Å². The summed E-state index contributed by atoms with van der Waals surface area (Å²) in [6.45, 7) is 1.61. The number of hydrogen-bond acceptors (Lipinski definition) is 3. The summed E-state index contributed by atoms with van der Waals surface area (Å²) in [4.78, 5) is 13.0. The minimum atomic E-state index is -0.824. The Morgan fingerprint density at radius 2 is 2.00 bits per heavy atom. The van der Waals surface area contributed by atoms with Crippen molar-refractivity contribution in [2.24, 2.45) is 0 Å². The van der Waals surface area contributed by atoms with Crippen molar-refractivity contribution in [3.05, 3.63) is 35.4 Å². The molecule has 16 heavy (non-hydrogen) atoms. The molecule has 0 saturated heterocycles. The molecule has 1 atom stereocenters. The van der Waals surface area contributed by atoms with E-state index >= 15 is 0 Å². The van der Waals surface area contributed by atoms with Crippen molar-refractivity contribution in [3.8, 4) is 0 Å². The molecule has 0 unspecified atom stereocenters. The Bertz CT molecular complexity index is 367. The van der Waals surface area contributed by atoms with E-state index < -0.39 is 12.0 Å². The normalized spacial score (nSPS) is 17.1. The molecule has 1 aliphatic heterocycles. The van der Waals surface area contributed by atoms with Gasteiger partial charge in [-0.25, -0.2) is 0 Å². The molecular formula is C12H15NO3. The van der Waals surface area contributed by atoms with E-state index in [0.29, 0.717) is 13.1 Å². The second-order valence-electron chi connectivity index (χ2n) is 3.98. The fourth-order valence-electron chi connectivity index (χ4n) is 2.07. The maximum Gasteiger partial charge on any atom is 0.323 e. The van der Waals surface area contributed by atoms with E-state index in [2.05, 4.69) is 0 Å². The lowest BCUT2D eigenvalue weighted by atomic mass is 10.1. The number of benzene rings is 1. The second-order valence-corrected chi connectivity index (χ2v) is 3.98. The quantitative estimate of drug-likeness (QED) is 0.827. The van der Waals surface area contributed by atoms with Gasteiger partial charge in [-0.05, 0) is 11.1 Å². The molecular weight excluding hydrogens is 206 g/mol. The number of rotatable bonds is 4. The molecule has 0 saturated carbocycles. The molecule has 0 spiro atoms. The Morgan fingerprint density at radius 3 is 2.44 bits per heavy atom. The first-order valence-corrected chi connectivity index (χ1v) is 5.25. The maximum atomic E-state index is 11.1. The molecule has 1 N–H and O–H groups in total. The number of carbonyl (C=O) groups is 1. The SMILES string of the molecule is COC[C@H](C(=O)O)N1Cc2ccccc2C1. The molecule has 2 rings (SSSR count). The van der Waals surface area contributed by atoms with Crippen LogP contribution >= 0.6 is 0 Å². The molecule has 0 amide bonds. The van der Waals surface area contributed by atoms with Crippen LogP contribution in [0.3, 0.4) is 0 Å². The van der Waals surface area contributed by atoms with Gasteiger partial charge in [-0.1, -0.05) is 24.3 Å². The van der Waals surface area contributed by atoms with Gasteiger partial charge in [-0.15, -0.1) is 0 Å². The fourth-order valence-corrected chi connectivity index (χ4v) is 2.07. The number of fused-ring (bicyclic) bond motifs is 1. The molecule has 4 nitrogen and oxygen atoms in total. The number of nitrogens with zero attached hydrogens (tertiary/aromatic N) is 1. The lowest BCUT2D eigenvalue weighted by Gasteiger charge is -2.22. The number of ether oxygens (including phenoxy) is 1. The Hall–Kier alpha value is -1.39. The average Bonchev–Trinajstić information content (AvgIpc) is 2.68. The van der Waals surface area contributed by atoms with Crippen LogP contribution in [0.5, 0.6) is 0 Å². The third kappa shape index (κ3) is 2.08. The molecule has 86 valence electrons. The Kier molecular flexibility index (Phi) is 3.22. The summed E-state index contributed by atoms with van der Waals surface area (Å²) in [5.74, 6) is -0.824. The van der Waals surface area contributed by atoms with Gasteiger partial charge in [-0.2, -0.15) is 0 Å². The summed E-state index contributed by atoms with van der Waals surface area (Å²) in [6, 6.07) is 7.49. The van der Waals surface area contributed by atoms with E-state index in [1.807, 2.05) is 29.2 Å². The van der Waals surface area contributed by atoms with Crippen LogP contribution in [0.4, 0.5) is 0 Å². The molecule has 0 radical (unpaired) electrons. The number of aliphatic carboxylic acids is 1. The molecule has 4 heteroatoms. The number of methoxy groups -OCH3 is 1. The Labute approximate surface area is 94.4 Å². The van der Waals surface area contributed by atoms with Crippen LogP contribution in [0.15, 0.2) is 24.3 Å². The first kappa shape index (κ1) is 11.1. The lowest BCUT2D eigenvalue weighted by molar-refractivity contribution is -0.145. The van der Waals surface area contributed by atoms with Gasteiger partial charge in [0, 0.05) is 20.2 Å². The van der Waals surface area contributed by atoms with Crippen molar-refractivity contribution in [1.29, 1.82) is 0 Å². The van der Waals surface area contributed by atoms with Gasteiger partial charge in [0.25, 0.3) is 0 Å². The summed E-state index contributed by atoms with van der Waals surface area (Å²) >= 11 is 0. The van der Waals surface area contributed by atoms with Crippen molar-refractivity contribution in [2.45, 2.75) is 19.1 Å². The second kappa shape index (κ2) is 4.63. The third-order valence-electron chi connectivity index (χ3n) is 2.92. The lowest BCUT2D eigenvalue weighted by Crippen LogP contribution is -2.41. The highest BCUT2D eigenvalue weighted by Crippen LogP contribution is 2.24. The number of hydrogen-bond donors (Lipinski definition) is 1. The Balaban J connectivity index is 2.12. The molecule has 0 bridgehead atoms. The van der Waals surface area contributed by atoms with E-state index in [4.69, 9.17) is 9.84 Å².